The van der Waals surface area contributed by atoms with E-state index in [2.05, 4.69) is 5.32 Å². The molecule has 0 aromatic heterocycles. The Morgan fingerprint density at radius 1 is 1.12 bits per heavy atom. The minimum absolute atomic E-state index is 0. The Balaban J connectivity index is 0.000000490. The van der Waals surface area contributed by atoms with Gasteiger partial charge in [0.15, 0.2) is 0 Å². The number of imide groups is 1. The Labute approximate surface area is 62.3 Å². The Hall–Kier alpha value is -0.120. The number of nitrogens with one attached hydrogen (secondary N) is 1. The largest absolute Gasteiger partial charge is 0.296 e. The summed E-state index contributed by atoms with van der Waals surface area (Å²) >= 11 is 0. The molecule has 0 spiro atoms. The van der Waals surface area contributed by atoms with Crippen molar-refractivity contribution >= 4 is 11.8 Å². The molecule has 1 heterocycles. The van der Waals surface area contributed by atoms with Crippen molar-refractivity contribution in [3.05, 3.63) is 0 Å². The van der Waals surface area contributed by atoms with Gasteiger partial charge in [0, 0.05) is 35.2 Å². The topological polar surface area (TPSA) is 46.2 Å². The van der Waals surface area contributed by atoms with Gasteiger partial charge in [-0.2, -0.15) is 0 Å². The van der Waals surface area contributed by atoms with Crippen molar-refractivity contribution in [1.82, 2.24) is 5.32 Å². The quantitative estimate of drug-likeness (QED) is 0.480. The van der Waals surface area contributed by atoms with Crippen LogP contribution >= 0.6 is 0 Å². The molecule has 0 atom stereocenters. The number of carbonyl (C=O) groups excluding carboxylic acids is 2. The fourth-order valence-corrected chi connectivity index (χ4v) is 0.508. The van der Waals surface area contributed by atoms with Crippen LogP contribution in [0.15, 0.2) is 0 Å². The molecule has 1 saturated heterocycles. The van der Waals surface area contributed by atoms with Crippen LogP contribution in [0.3, 0.4) is 0 Å². The Morgan fingerprint density at radius 3 is 1.62 bits per heavy atom. The third-order valence-corrected chi connectivity index (χ3v) is 0.858. The molecule has 1 rings (SSSR count). The molecular weight excluding hydrogens is 291 g/mol. The number of rotatable bonds is 0. The summed E-state index contributed by atoms with van der Waals surface area (Å²) in [4.78, 5) is 20.2. The van der Waals surface area contributed by atoms with E-state index in [0.717, 1.165) is 0 Å². The second kappa shape index (κ2) is 3.02. The molecule has 1 N–H and O–H groups in total. The summed E-state index contributed by atoms with van der Waals surface area (Å²) in [5, 5.41) is 2.14. The van der Waals surface area contributed by atoms with Crippen molar-refractivity contribution in [2.75, 3.05) is 0 Å². The van der Waals surface area contributed by atoms with Crippen LogP contribution in [0, 0.1) is 0 Å². The first kappa shape index (κ1) is 7.88. The van der Waals surface area contributed by atoms with Crippen LogP contribution in [0.4, 0.5) is 0 Å². The molecular formula is C4H5AuNO2. The third kappa shape index (κ3) is 1.78. The van der Waals surface area contributed by atoms with Crippen LogP contribution in [0.25, 0.3) is 0 Å². The first-order chi connectivity index (χ1) is 3.29. The van der Waals surface area contributed by atoms with Gasteiger partial charge in [0.25, 0.3) is 0 Å². The second-order valence-corrected chi connectivity index (χ2v) is 1.47. The zero-order chi connectivity index (χ0) is 5.28. The molecule has 0 aromatic carbocycles. The molecule has 1 radical (unpaired) electrons. The third-order valence-electron chi connectivity index (χ3n) is 0.858. The zero-order valence-electron chi connectivity index (χ0n) is 4.03. The van der Waals surface area contributed by atoms with E-state index in [1.165, 1.54) is 0 Å². The van der Waals surface area contributed by atoms with Gasteiger partial charge in [0.2, 0.25) is 11.8 Å². The van der Waals surface area contributed by atoms with Crippen molar-refractivity contribution in [3.63, 3.8) is 0 Å². The monoisotopic (exact) mass is 296 g/mol. The molecule has 4 heteroatoms. The molecule has 3 nitrogen and oxygen atoms in total. The second-order valence-electron chi connectivity index (χ2n) is 1.47. The zero-order valence-corrected chi connectivity index (χ0v) is 6.20. The molecule has 0 saturated carbocycles. The van der Waals surface area contributed by atoms with Gasteiger partial charge in [0.1, 0.15) is 0 Å². The number of hydrogen-bond acceptors (Lipinski definition) is 2. The summed E-state index contributed by atoms with van der Waals surface area (Å²) in [7, 11) is 0. The minimum Gasteiger partial charge on any atom is -0.296 e. The van der Waals surface area contributed by atoms with Gasteiger partial charge >= 0.3 is 0 Å². The number of amides is 2. The van der Waals surface area contributed by atoms with E-state index >= 15 is 0 Å². The standard InChI is InChI=1S/C4H5NO2.Au/c6-3-1-2-4(7)5-3;/h1-2H2,(H,5,6,7);. The van der Waals surface area contributed by atoms with Gasteiger partial charge in [0.05, 0.1) is 0 Å². The van der Waals surface area contributed by atoms with E-state index in [1.54, 1.807) is 0 Å². The van der Waals surface area contributed by atoms with E-state index in [9.17, 15) is 9.59 Å². The van der Waals surface area contributed by atoms with E-state index in [-0.39, 0.29) is 34.2 Å². The van der Waals surface area contributed by atoms with Crippen LogP contribution in [0.1, 0.15) is 12.8 Å². The Bertz CT molecular complexity index is 109. The Morgan fingerprint density at radius 2 is 1.50 bits per heavy atom. The predicted molar refractivity (Wildman–Crippen MR) is 22.4 cm³/mol. The van der Waals surface area contributed by atoms with Crippen LogP contribution in [-0.2, 0) is 32.0 Å². The molecule has 1 fully saturated rings. The summed E-state index contributed by atoms with van der Waals surface area (Å²) in [5.74, 6) is -0.296. The maximum atomic E-state index is 10.1. The maximum absolute atomic E-state index is 10.1. The first-order valence-corrected chi connectivity index (χ1v) is 2.12. The van der Waals surface area contributed by atoms with E-state index < -0.39 is 0 Å². The maximum Gasteiger partial charge on any atom is 0.227 e. The molecule has 49 valence electrons. The molecule has 0 aliphatic carbocycles. The average molecular weight is 296 g/mol. The summed E-state index contributed by atoms with van der Waals surface area (Å²) in [5.41, 5.74) is 0. The van der Waals surface area contributed by atoms with Crippen LogP contribution < -0.4 is 5.32 Å². The summed E-state index contributed by atoms with van der Waals surface area (Å²) in [6.45, 7) is 0. The van der Waals surface area contributed by atoms with Crippen molar-refractivity contribution in [2.24, 2.45) is 0 Å². The fraction of sp³-hybridized carbons (Fsp3) is 0.500. The first-order valence-electron chi connectivity index (χ1n) is 2.12. The molecule has 0 unspecified atom stereocenters. The van der Waals surface area contributed by atoms with Crippen LogP contribution in [0.2, 0.25) is 0 Å². The summed E-state index contributed by atoms with van der Waals surface area (Å²) in [6.07, 6.45) is 0.748. The summed E-state index contributed by atoms with van der Waals surface area (Å²) < 4.78 is 0. The van der Waals surface area contributed by atoms with Crippen LogP contribution in [0.5, 0.6) is 0 Å². The van der Waals surface area contributed by atoms with Crippen molar-refractivity contribution in [3.8, 4) is 0 Å². The van der Waals surface area contributed by atoms with Gasteiger partial charge in [-0.15, -0.1) is 0 Å². The van der Waals surface area contributed by atoms with E-state index in [4.69, 9.17) is 0 Å². The van der Waals surface area contributed by atoms with Crippen molar-refractivity contribution in [2.45, 2.75) is 12.8 Å². The van der Waals surface area contributed by atoms with Gasteiger partial charge in [-0.05, 0) is 0 Å². The predicted octanol–water partition coefficient (Wildman–Crippen LogP) is -0.579. The van der Waals surface area contributed by atoms with Crippen molar-refractivity contribution in [1.29, 1.82) is 0 Å². The molecule has 0 aromatic rings. The number of carbonyl (C=O) groups is 2. The molecule has 8 heavy (non-hydrogen) atoms. The molecule has 1 aliphatic heterocycles. The minimum atomic E-state index is -0.148. The van der Waals surface area contributed by atoms with E-state index in [0.29, 0.717) is 12.8 Å². The molecule has 2 amide bonds. The smallest absolute Gasteiger partial charge is 0.227 e. The molecule has 0 bridgehead atoms. The van der Waals surface area contributed by atoms with Crippen LogP contribution in [-0.4, -0.2) is 11.8 Å². The van der Waals surface area contributed by atoms with Gasteiger partial charge in [-0.1, -0.05) is 0 Å². The van der Waals surface area contributed by atoms with Gasteiger partial charge in [-0.25, -0.2) is 0 Å². The Kier molecular flexibility index (Phi) is 2.97. The van der Waals surface area contributed by atoms with Crippen molar-refractivity contribution < 1.29 is 32.0 Å². The van der Waals surface area contributed by atoms with Gasteiger partial charge < -0.3 is 0 Å². The molecule has 1 aliphatic rings. The average Bonchev–Trinajstić information content (AvgIpc) is 1.87. The normalized spacial score (nSPS) is 17.5. The fourth-order valence-electron chi connectivity index (χ4n) is 0.508. The summed E-state index contributed by atoms with van der Waals surface area (Å²) in [6, 6.07) is 0. The van der Waals surface area contributed by atoms with E-state index in [1.807, 2.05) is 0 Å². The number of hydrogen-bond donors (Lipinski definition) is 1. The van der Waals surface area contributed by atoms with Gasteiger partial charge in [-0.3, -0.25) is 14.9 Å². The SMILES string of the molecule is O=C1CCC(=O)N1.[Au].